The van der Waals surface area contributed by atoms with Crippen LogP contribution in [-0.4, -0.2) is 29.7 Å². The fraction of sp³-hybridized carbons (Fsp3) is 0.556. The molecule has 0 bridgehead atoms. The Morgan fingerprint density at radius 3 is 2.62 bits per heavy atom. The molecule has 21 heavy (non-hydrogen) atoms. The highest BCUT2D eigenvalue weighted by molar-refractivity contribution is 5.98. The summed E-state index contributed by atoms with van der Waals surface area (Å²) < 4.78 is 0. The van der Waals surface area contributed by atoms with E-state index < -0.39 is 0 Å². The molecule has 0 spiro atoms. The Kier molecular flexibility index (Phi) is 5.54. The summed E-state index contributed by atoms with van der Waals surface area (Å²) in [5.74, 6) is 0.355. The molecule has 0 saturated carbocycles. The van der Waals surface area contributed by atoms with Gasteiger partial charge in [-0.2, -0.15) is 0 Å². The van der Waals surface area contributed by atoms with Crippen LogP contribution in [0.1, 0.15) is 54.9 Å². The summed E-state index contributed by atoms with van der Waals surface area (Å²) in [5, 5.41) is 0. The van der Waals surface area contributed by atoms with E-state index >= 15 is 0 Å². The maximum atomic E-state index is 12.6. The lowest BCUT2D eigenvalue weighted by Gasteiger charge is -2.32. The molecule has 1 aliphatic rings. The predicted octanol–water partition coefficient (Wildman–Crippen LogP) is 3.61. The number of rotatable bonds is 5. The Hall–Kier alpha value is -1.64. The summed E-state index contributed by atoms with van der Waals surface area (Å²) in [6.45, 7) is 5.51. The molecule has 1 unspecified atom stereocenters. The van der Waals surface area contributed by atoms with Gasteiger partial charge in [-0.3, -0.25) is 9.59 Å². The van der Waals surface area contributed by atoms with Crippen LogP contribution in [0.2, 0.25) is 0 Å². The second-order valence-electron chi connectivity index (χ2n) is 6.01. The van der Waals surface area contributed by atoms with E-state index in [2.05, 4.69) is 6.92 Å². The lowest BCUT2D eigenvalue weighted by Crippen LogP contribution is -2.42. The molecule has 1 aromatic rings. The summed E-state index contributed by atoms with van der Waals surface area (Å²) in [5.41, 5.74) is 1.93. The summed E-state index contributed by atoms with van der Waals surface area (Å²) in [4.78, 5) is 26.6. The molecular formula is C18H25NO2. The minimum Gasteiger partial charge on any atom is -0.342 e. The molecule has 0 aromatic heterocycles. The van der Waals surface area contributed by atoms with E-state index in [0.29, 0.717) is 13.0 Å². The van der Waals surface area contributed by atoms with E-state index in [9.17, 15) is 9.59 Å². The van der Waals surface area contributed by atoms with Crippen molar-refractivity contribution in [2.24, 2.45) is 5.92 Å². The van der Waals surface area contributed by atoms with Gasteiger partial charge in [-0.1, -0.05) is 43.2 Å². The lowest BCUT2D eigenvalue weighted by molar-refractivity contribution is -0.132. The first-order valence-electron chi connectivity index (χ1n) is 8.00. The predicted molar refractivity (Wildman–Crippen MR) is 84.3 cm³/mol. The van der Waals surface area contributed by atoms with Crippen LogP contribution < -0.4 is 0 Å². The first-order valence-corrected chi connectivity index (χ1v) is 8.00. The van der Waals surface area contributed by atoms with Crippen molar-refractivity contribution in [3.8, 4) is 0 Å². The van der Waals surface area contributed by atoms with Gasteiger partial charge in [-0.15, -0.1) is 0 Å². The molecule has 1 fully saturated rings. The molecule has 1 aliphatic heterocycles. The molecule has 114 valence electrons. The number of amides is 1. The van der Waals surface area contributed by atoms with Crippen molar-refractivity contribution in [1.29, 1.82) is 0 Å². The normalized spacial score (nSPS) is 18.6. The van der Waals surface area contributed by atoms with Crippen LogP contribution in [0.15, 0.2) is 24.3 Å². The molecule has 1 heterocycles. The molecule has 1 saturated heterocycles. The molecule has 1 atom stereocenters. The smallest absolute Gasteiger partial charge is 0.222 e. The molecular weight excluding hydrogens is 262 g/mol. The van der Waals surface area contributed by atoms with Gasteiger partial charge >= 0.3 is 0 Å². The van der Waals surface area contributed by atoms with E-state index in [4.69, 9.17) is 0 Å². The molecule has 1 aromatic carbocycles. The zero-order chi connectivity index (χ0) is 15.2. The number of Topliss-reactive ketones (excluding diaryl/α,β-unsaturated/α-hetero) is 1. The van der Waals surface area contributed by atoms with Gasteiger partial charge in [0.05, 0.1) is 0 Å². The highest BCUT2D eigenvalue weighted by Gasteiger charge is 2.28. The van der Waals surface area contributed by atoms with Gasteiger partial charge in [-0.05, 0) is 26.2 Å². The number of nitrogens with zero attached hydrogens (tertiary/aromatic N) is 1. The second-order valence-corrected chi connectivity index (χ2v) is 6.01. The maximum Gasteiger partial charge on any atom is 0.222 e. The molecule has 3 nitrogen and oxygen atoms in total. The zero-order valence-electron chi connectivity index (χ0n) is 13.1. The van der Waals surface area contributed by atoms with Crippen LogP contribution in [0.5, 0.6) is 0 Å². The van der Waals surface area contributed by atoms with Crippen molar-refractivity contribution in [3.63, 3.8) is 0 Å². The van der Waals surface area contributed by atoms with E-state index in [1.165, 1.54) is 0 Å². The third-order valence-electron chi connectivity index (χ3n) is 4.23. The zero-order valence-corrected chi connectivity index (χ0v) is 13.1. The lowest BCUT2D eigenvalue weighted by atomic mass is 9.89. The van der Waals surface area contributed by atoms with Gasteiger partial charge < -0.3 is 4.90 Å². The molecule has 0 aliphatic carbocycles. The third-order valence-corrected chi connectivity index (χ3v) is 4.23. The number of unbranched alkanes of at least 4 members (excludes halogenated alkanes) is 1. The Bertz CT molecular complexity index is 492. The SMILES string of the molecule is CCCCC(=O)N1CCCC(C(=O)c2ccc(C)cc2)C1. The summed E-state index contributed by atoms with van der Waals surface area (Å²) in [6, 6.07) is 7.74. The van der Waals surface area contributed by atoms with Gasteiger partial charge in [0.15, 0.2) is 5.78 Å². The average molecular weight is 287 g/mol. The number of benzene rings is 1. The van der Waals surface area contributed by atoms with Crippen molar-refractivity contribution in [3.05, 3.63) is 35.4 Å². The van der Waals surface area contributed by atoms with E-state index in [1.807, 2.05) is 36.1 Å². The van der Waals surface area contributed by atoms with Crippen molar-refractivity contribution in [2.75, 3.05) is 13.1 Å². The first kappa shape index (κ1) is 15.7. The van der Waals surface area contributed by atoms with Gasteiger partial charge in [0, 0.05) is 31.0 Å². The van der Waals surface area contributed by atoms with Crippen molar-refractivity contribution >= 4 is 11.7 Å². The largest absolute Gasteiger partial charge is 0.342 e. The molecule has 0 radical (unpaired) electrons. The van der Waals surface area contributed by atoms with E-state index in [1.54, 1.807) is 0 Å². The maximum absolute atomic E-state index is 12.6. The third kappa shape index (κ3) is 4.16. The number of likely N-dealkylation sites (tertiary alicyclic amines) is 1. The number of aryl methyl sites for hydroxylation is 1. The minimum atomic E-state index is -0.0352. The topological polar surface area (TPSA) is 37.4 Å². The van der Waals surface area contributed by atoms with Crippen LogP contribution in [0, 0.1) is 12.8 Å². The highest BCUT2D eigenvalue weighted by Crippen LogP contribution is 2.22. The van der Waals surface area contributed by atoms with Crippen LogP contribution in [-0.2, 0) is 4.79 Å². The first-order chi connectivity index (χ1) is 10.1. The molecule has 0 N–H and O–H groups in total. The Morgan fingerprint density at radius 1 is 1.24 bits per heavy atom. The van der Waals surface area contributed by atoms with Gasteiger partial charge in [-0.25, -0.2) is 0 Å². The number of hydrogen-bond donors (Lipinski definition) is 0. The fourth-order valence-corrected chi connectivity index (χ4v) is 2.86. The van der Waals surface area contributed by atoms with Crippen LogP contribution >= 0.6 is 0 Å². The summed E-state index contributed by atoms with van der Waals surface area (Å²) >= 11 is 0. The summed E-state index contributed by atoms with van der Waals surface area (Å²) in [6.07, 6.45) is 4.41. The Balaban J connectivity index is 1.98. The van der Waals surface area contributed by atoms with Crippen LogP contribution in [0.25, 0.3) is 0 Å². The average Bonchev–Trinajstić information content (AvgIpc) is 2.52. The highest BCUT2D eigenvalue weighted by atomic mass is 16.2. The molecule has 2 rings (SSSR count). The quantitative estimate of drug-likeness (QED) is 0.776. The monoisotopic (exact) mass is 287 g/mol. The molecule has 1 amide bonds. The number of hydrogen-bond acceptors (Lipinski definition) is 2. The van der Waals surface area contributed by atoms with Crippen molar-refractivity contribution in [1.82, 2.24) is 4.90 Å². The van der Waals surface area contributed by atoms with Gasteiger partial charge in [0.1, 0.15) is 0 Å². The minimum absolute atomic E-state index is 0.0352. The number of piperidine rings is 1. The standard InChI is InChI=1S/C18H25NO2/c1-3-4-7-17(20)19-12-5-6-16(13-19)18(21)15-10-8-14(2)9-11-15/h8-11,16H,3-7,12-13H2,1-2H3. The Labute approximate surface area is 127 Å². The van der Waals surface area contributed by atoms with Crippen LogP contribution in [0.4, 0.5) is 0 Å². The second kappa shape index (κ2) is 7.39. The van der Waals surface area contributed by atoms with Gasteiger partial charge in [0.2, 0.25) is 5.91 Å². The summed E-state index contributed by atoms with van der Waals surface area (Å²) in [7, 11) is 0. The van der Waals surface area contributed by atoms with Crippen molar-refractivity contribution < 1.29 is 9.59 Å². The number of ketones is 1. The fourth-order valence-electron chi connectivity index (χ4n) is 2.86. The number of carbonyl (C=O) groups excluding carboxylic acids is 2. The van der Waals surface area contributed by atoms with Crippen LogP contribution in [0.3, 0.4) is 0 Å². The van der Waals surface area contributed by atoms with Crippen molar-refractivity contribution in [2.45, 2.75) is 46.0 Å². The number of carbonyl (C=O) groups is 2. The Morgan fingerprint density at radius 2 is 1.95 bits per heavy atom. The van der Waals surface area contributed by atoms with E-state index in [0.717, 1.165) is 43.4 Å². The van der Waals surface area contributed by atoms with E-state index in [-0.39, 0.29) is 17.6 Å². The van der Waals surface area contributed by atoms with Gasteiger partial charge in [0.25, 0.3) is 0 Å². The molecule has 3 heteroatoms.